The van der Waals surface area contributed by atoms with Gasteiger partial charge in [0.05, 0.1) is 7.11 Å². The minimum absolute atomic E-state index is 0.0108. The highest BCUT2D eigenvalue weighted by Crippen LogP contribution is 2.29. The zero-order valence-electron chi connectivity index (χ0n) is 12.3. The van der Waals surface area contributed by atoms with Crippen molar-refractivity contribution in [2.75, 3.05) is 7.11 Å². The van der Waals surface area contributed by atoms with Crippen molar-refractivity contribution in [1.82, 2.24) is 5.32 Å². The Balaban J connectivity index is 3.00. The largest absolute Gasteiger partial charge is 0.493 e. The smallest absolute Gasteiger partial charge is 0.387 e. The lowest BCUT2D eigenvalue weighted by Crippen LogP contribution is -2.44. The number of halogens is 2. The number of ether oxygens (including phenoxy) is 2. The van der Waals surface area contributed by atoms with Crippen molar-refractivity contribution in [3.8, 4) is 11.5 Å². The molecule has 1 amide bonds. The Morgan fingerprint density at radius 2 is 1.86 bits per heavy atom. The van der Waals surface area contributed by atoms with Crippen LogP contribution < -0.4 is 14.8 Å². The first-order valence-corrected chi connectivity index (χ1v) is 6.42. The van der Waals surface area contributed by atoms with Crippen molar-refractivity contribution < 1.29 is 33.0 Å². The fourth-order valence-electron chi connectivity index (χ4n) is 1.74. The molecule has 1 unspecified atom stereocenters. The molecule has 0 aromatic heterocycles. The van der Waals surface area contributed by atoms with Crippen LogP contribution in [0.2, 0.25) is 0 Å². The molecule has 0 fully saturated rings. The molecule has 1 aromatic carbocycles. The van der Waals surface area contributed by atoms with Gasteiger partial charge in [0.15, 0.2) is 11.5 Å². The van der Waals surface area contributed by atoms with Crippen LogP contribution >= 0.6 is 0 Å². The molecule has 6 nitrogen and oxygen atoms in total. The van der Waals surface area contributed by atoms with E-state index in [2.05, 4.69) is 10.1 Å². The number of carbonyl (C=O) groups excluding carboxylic acids is 1. The molecule has 1 aromatic rings. The molecular weight excluding hydrogens is 300 g/mol. The molecule has 0 saturated carbocycles. The zero-order valence-corrected chi connectivity index (χ0v) is 12.3. The van der Waals surface area contributed by atoms with Gasteiger partial charge in [-0.25, -0.2) is 4.79 Å². The minimum atomic E-state index is -3.07. The third-order valence-corrected chi connectivity index (χ3v) is 2.86. The van der Waals surface area contributed by atoms with Crippen molar-refractivity contribution in [2.24, 2.45) is 5.92 Å². The Labute approximate surface area is 126 Å². The highest BCUT2D eigenvalue weighted by molar-refractivity contribution is 5.97. The molecule has 0 aliphatic carbocycles. The highest BCUT2D eigenvalue weighted by atomic mass is 19.3. The van der Waals surface area contributed by atoms with Crippen LogP contribution in [0, 0.1) is 5.92 Å². The SMILES string of the molecule is COc1ccc(C(=O)NC(C(=O)O)C(C)C)cc1OC(F)F. The molecule has 0 spiro atoms. The molecule has 1 rings (SSSR count). The molecule has 1 atom stereocenters. The van der Waals surface area contributed by atoms with Crippen LogP contribution in [0.3, 0.4) is 0 Å². The third-order valence-electron chi connectivity index (χ3n) is 2.86. The predicted molar refractivity (Wildman–Crippen MR) is 73.4 cm³/mol. The second kappa shape index (κ2) is 7.58. The Morgan fingerprint density at radius 1 is 1.23 bits per heavy atom. The number of carboxylic acids is 1. The van der Waals surface area contributed by atoms with Gasteiger partial charge in [-0.3, -0.25) is 4.79 Å². The first-order valence-electron chi connectivity index (χ1n) is 6.42. The molecular formula is C14H17F2NO5. The third kappa shape index (κ3) is 4.57. The summed E-state index contributed by atoms with van der Waals surface area (Å²) in [5.74, 6) is -2.49. The number of carbonyl (C=O) groups is 2. The zero-order chi connectivity index (χ0) is 16.9. The lowest BCUT2D eigenvalue weighted by Gasteiger charge is -2.18. The van der Waals surface area contributed by atoms with E-state index in [9.17, 15) is 18.4 Å². The van der Waals surface area contributed by atoms with E-state index in [-0.39, 0.29) is 23.0 Å². The van der Waals surface area contributed by atoms with Crippen molar-refractivity contribution in [3.63, 3.8) is 0 Å². The molecule has 0 bridgehead atoms. The number of rotatable bonds is 7. The number of aliphatic carboxylic acids is 1. The first-order chi connectivity index (χ1) is 10.3. The monoisotopic (exact) mass is 317 g/mol. The van der Waals surface area contributed by atoms with E-state index in [1.165, 1.54) is 19.2 Å². The summed E-state index contributed by atoms with van der Waals surface area (Å²) in [4.78, 5) is 23.1. The molecule has 0 saturated heterocycles. The van der Waals surface area contributed by atoms with Gasteiger partial charge in [0.1, 0.15) is 6.04 Å². The second-order valence-corrected chi connectivity index (χ2v) is 4.78. The van der Waals surface area contributed by atoms with Crippen molar-refractivity contribution in [1.29, 1.82) is 0 Å². The number of methoxy groups -OCH3 is 1. The number of benzene rings is 1. The van der Waals surface area contributed by atoms with Crippen molar-refractivity contribution in [2.45, 2.75) is 26.5 Å². The maximum absolute atomic E-state index is 12.3. The molecule has 122 valence electrons. The number of hydrogen-bond donors (Lipinski definition) is 2. The molecule has 0 aliphatic heterocycles. The van der Waals surface area contributed by atoms with Crippen LogP contribution in [0.1, 0.15) is 24.2 Å². The van der Waals surface area contributed by atoms with Crippen molar-refractivity contribution in [3.05, 3.63) is 23.8 Å². The quantitative estimate of drug-likeness (QED) is 0.805. The van der Waals surface area contributed by atoms with Crippen LogP contribution in [-0.2, 0) is 4.79 Å². The van der Waals surface area contributed by atoms with Gasteiger partial charge < -0.3 is 19.9 Å². The topological polar surface area (TPSA) is 84.9 Å². The number of carboxylic acid groups (broad SMARTS) is 1. The summed E-state index contributed by atoms with van der Waals surface area (Å²) in [7, 11) is 1.27. The molecule has 0 aliphatic rings. The number of nitrogens with one attached hydrogen (secondary N) is 1. The van der Waals surface area contributed by atoms with Crippen LogP contribution in [0.15, 0.2) is 18.2 Å². The van der Waals surface area contributed by atoms with E-state index in [0.29, 0.717) is 0 Å². The van der Waals surface area contributed by atoms with Gasteiger partial charge in [-0.2, -0.15) is 8.78 Å². The Bertz CT molecular complexity index is 548. The fourth-order valence-corrected chi connectivity index (χ4v) is 1.74. The lowest BCUT2D eigenvalue weighted by molar-refractivity contribution is -0.140. The van der Waals surface area contributed by atoms with Gasteiger partial charge in [-0.1, -0.05) is 13.8 Å². The standard InChI is InChI=1S/C14H17F2NO5/c1-7(2)11(13(19)20)17-12(18)8-4-5-9(21-3)10(6-8)22-14(15)16/h4-7,11,14H,1-3H3,(H,17,18)(H,19,20). The fraction of sp³-hybridized carbons (Fsp3) is 0.429. The predicted octanol–water partition coefficient (Wildman–Crippen LogP) is 2.14. The van der Waals surface area contributed by atoms with Gasteiger partial charge >= 0.3 is 12.6 Å². The summed E-state index contributed by atoms with van der Waals surface area (Å²) in [5.41, 5.74) is -0.0108. The summed E-state index contributed by atoms with van der Waals surface area (Å²) >= 11 is 0. The molecule has 2 N–H and O–H groups in total. The number of amides is 1. The molecule has 22 heavy (non-hydrogen) atoms. The van der Waals surface area contributed by atoms with E-state index < -0.39 is 24.5 Å². The van der Waals surface area contributed by atoms with Gasteiger partial charge in [-0.05, 0) is 24.1 Å². The lowest BCUT2D eigenvalue weighted by atomic mass is 10.0. The minimum Gasteiger partial charge on any atom is -0.493 e. The van der Waals surface area contributed by atoms with Crippen LogP contribution in [0.25, 0.3) is 0 Å². The normalized spacial score (nSPS) is 12.1. The second-order valence-electron chi connectivity index (χ2n) is 4.78. The average Bonchev–Trinajstić information content (AvgIpc) is 2.43. The van der Waals surface area contributed by atoms with E-state index in [1.807, 2.05) is 0 Å². The highest BCUT2D eigenvalue weighted by Gasteiger charge is 2.24. The van der Waals surface area contributed by atoms with Crippen LogP contribution in [0.4, 0.5) is 8.78 Å². The summed E-state index contributed by atoms with van der Waals surface area (Å²) in [6.07, 6.45) is 0. The van der Waals surface area contributed by atoms with Gasteiger partial charge in [0, 0.05) is 5.56 Å². The first kappa shape index (κ1) is 17.7. The maximum atomic E-state index is 12.3. The van der Waals surface area contributed by atoms with E-state index >= 15 is 0 Å². The summed E-state index contributed by atoms with van der Waals surface area (Å²) in [6.45, 7) is 0.200. The van der Waals surface area contributed by atoms with Crippen molar-refractivity contribution >= 4 is 11.9 Å². The Hall–Kier alpha value is -2.38. The summed E-state index contributed by atoms with van der Waals surface area (Å²) in [5, 5.41) is 11.4. The van der Waals surface area contributed by atoms with Gasteiger partial charge in [0.25, 0.3) is 5.91 Å². The van der Waals surface area contributed by atoms with E-state index in [1.54, 1.807) is 13.8 Å². The van der Waals surface area contributed by atoms with E-state index in [0.717, 1.165) is 6.07 Å². The van der Waals surface area contributed by atoms with E-state index in [4.69, 9.17) is 9.84 Å². The summed E-state index contributed by atoms with van der Waals surface area (Å²) in [6, 6.07) is 2.59. The molecule has 0 heterocycles. The summed E-state index contributed by atoms with van der Waals surface area (Å²) < 4.78 is 33.8. The Kier molecular flexibility index (Phi) is 6.09. The molecule has 8 heteroatoms. The van der Waals surface area contributed by atoms with Gasteiger partial charge in [-0.15, -0.1) is 0 Å². The van der Waals surface area contributed by atoms with Gasteiger partial charge in [0.2, 0.25) is 0 Å². The van der Waals surface area contributed by atoms with Crippen LogP contribution in [0.5, 0.6) is 11.5 Å². The maximum Gasteiger partial charge on any atom is 0.387 e. The number of hydrogen-bond acceptors (Lipinski definition) is 4. The average molecular weight is 317 g/mol. The number of alkyl halides is 2. The van der Waals surface area contributed by atoms with Crippen LogP contribution in [-0.4, -0.2) is 36.7 Å². The Morgan fingerprint density at radius 3 is 2.32 bits per heavy atom. The molecule has 0 radical (unpaired) electrons.